The van der Waals surface area contributed by atoms with Gasteiger partial charge in [-0.3, -0.25) is 0 Å². The van der Waals surface area contributed by atoms with Crippen molar-refractivity contribution in [3.05, 3.63) is 0 Å². The van der Waals surface area contributed by atoms with Crippen molar-refractivity contribution in [3.8, 4) is 6.07 Å². The molecule has 3 nitrogen and oxygen atoms in total. The minimum Gasteiger partial charge on any atom is -0.353 e. The van der Waals surface area contributed by atoms with Crippen LogP contribution in [0.1, 0.15) is 27.2 Å². The van der Waals surface area contributed by atoms with Crippen LogP contribution in [0.4, 0.5) is 0 Å². The Morgan fingerprint density at radius 1 is 1.45 bits per heavy atom. The summed E-state index contributed by atoms with van der Waals surface area (Å²) < 4.78 is 10.3. The van der Waals surface area contributed by atoms with Crippen LogP contribution in [-0.2, 0) is 9.47 Å². The van der Waals surface area contributed by atoms with Gasteiger partial charge in [0, 0.05) is 6.61 Å². The molecule has 0 aliphatic carbocycles. The molecule has 0 saturated heterocycles. The fourth-order valence-corrected chi connectivity index (χ4v) is 0.723. The van der Waals surface area contributed by atoms with Gasteiger partial charge in [-0.25, -0.2) is 0 Å². The number of ether oxygens (including phenoxy) is 2. The van der Waals surface area contributed by atoms with E-state index in [-0.39, 0.29) is 12.4 Å². The lowest BCUT2D eigenvalue weighted by Gasteiger charge is -2.15. The second-order valence-electron chi connectivity index (χ2n) is 2.19. The van der Waals surface area contributed by atoms with Crippen molar-refractivity contribution in [2.45, 2.75) is 39.6 Å². The van der Waals surface area contributed by atoms with Crippen molar-refractivity contribution >= 4 is 0 Å². The van der Waals surface area contributed by atoms with E-state index in [0.717, 1.165) is 0 Å². The van der Waals surface area contributed by atoms with Crippen molar-refractivity contribution in [3.63, 3.8) is 0 Å². The standard InChI is InChI=1S/C8H15NO2/c1-4-8(6-9)11-7(3)10-5-2/h7-8H,4-5H2,1-3H3/t7-,8+/m0/s1. The first-order valence-electron chi connectivity index (χ1n) is 3.91. The largest absolute Gasteiger partial charge is 0.353 e. The van der Waals surface area contributed by atoms with Crippen molar-refractivity contribution in [1.29, 1.82) is 5.26 Å². The molecule has 0 heterocycles. The van der Waals surface area contributed by atoms with Crippen LogP contribution < -0.4 is 0 Å². The predicted molar refractivity (Wildman–Crippen MR) is 41.9 cm³/mol. The summed E-state index contributed by atoms with van der Waals surface area (Å²) in [4.78, 5) is 0. The van der Waals surface area contributed by atoms with Crippen molar-refractivity contribution in [2.24, 2.45) is 0 Å². The van der Waals surface area contributed by atoms with Crippen LogP contribution in [0.2, 0.25) is 0 Å². The second kappa shape index (κ2) is 6.14. The summed E-state index contributed by atoms with van der Waals surface area (Å²) >= 11 is 0. The van der Waals surface area contributed by atoms with Crippen LogP contribution in [0.25, 0.3) is 0 Å². The van der Waals surface area contributed by atoms with Crippen molar-refractivity contribution < 1.29 is 9.47 Å². The van der Waals surface area contributed by atoms with Crippen LogP contribution in [0.15, 0.2) is 0 Å². The first-order valence-corrected chi connectivity index (χ1v) is 3.91. The van der Waals surface area contributed by atoms with E-state index >= 15 is 0 Å². The molecule has 0 fully saturated rings. The molecule has 3 heteroatoms. The zero-order chi connectivity index (χ0) is 8.69. The van der Waals surface area contributed by atoms with Crippen LogP contribution in [0, 0.1) is 11.3 Å². The predicted octanol–water partition coefficient (Wildman–Crippen LogP) is 1.69. The molecule has 2 atom stereocenters. The average molecular weight is 157 g/mol. The maximum atomic E-state index is 8.51. The van der Waals surface area contributed by atoms with E-state index in [9.17, 15) is 0 Å². The van der Waals surface area contributed by atoms with Gasteiger partial charge in [-0.05, 0) is 20.3 Å². The Hall–Kier alpha value is -0.590. The van der Waals surface area contributed by atoms with Crippen LogP contribution in [0.3, 0.4) is 0 Å². The summed E-state index contributed by atoms with van der Waals surface area (Å²) in [5.74, 6) is 0. The number of hydrogen-bond acceptors (Lipinski definition) is 3. The van der Waals surface area contributed by atoms with Crippen LogP contribution >= 0.6 is 0 Å². The van der Waals surface area contributed by atoms with Crippen molar-refractivity contribution in [1.82, 2.24) is 0 Å². The third-order valence-electron chi connectivity index (χ3n) is 1.27. The second-order valence-corrected chi connectivity index (χ2v) is 2.19. The summed E-state index contributed by atoms with van der Waals surface area (Å²) in [6.45, 7) is 6.21. The molecule has 0 rings (SSSR count). The van der Waals surface area contributed by atoms with E-state index in [0.29, 0.717) is 13.0 Å². The highest BCUT2D eigenvalue weighted by Crippen LogP contribution is 2.02. The summed E-state index contributed by atoms with van der Waals surface area (Å²) in [5, 5.41) is 8.51. The third kappa shape index (κ3) is 4.77. The lowest BCUT2D eigenvalue weighted by molar-refractivity contribution is -0.144. The zero-order valence-corrected chi connectivity index (χ0v) is 7.33. The zero-order valence-electron chi connectivity index (χ0n) is 7.33. The molecule has 0 radical (unpaired) electrons. The Morgan fingerprint density at radius 2 is 2.09 bits per heavy atom. The highest BCUT2D eigenvalue weighted by Gasteiger charge is 2.09. The fourth-order valence-electron chi connectivity index (χ4n) is 0.723. The lowest BCUT2D eigenvalue weighted by atomic mass is 10.3. The molecular weight excluding hydrogens is 142 g/mol. The van der Waals surface area contributed by atoms with Gasteiger partial charge in [0.25, 0.3) is 0 Å². The van der Waals surface area contributed by atoms with E-state index in [1.165, 1.54) is 0 Å². The number of hydrogen-bond donors (Lipinski definition) is 0. The third-order valence-corrected chi connectivity index (χ3v) is 1.27. The molecular formula is C8H15NO2. The van der Waals surface area contributed by atoms with Gasteiger partial charge in [0.05, 0.1) is 6.07 Å². The molecule has 0 spiro atoms. The van der Waals surface area contributed by atoms with Crippen LogP contribution in [0.5, 0.6) is 0 Å². The molecule has 0 aliphatic heterocycles. The molecule has 11 heavy (non-hydrogen) atoms. The van der Waals surface area contributed by atoms with Gasteiger partial charge >= 0.3 is 0 Å². The molecule has 0 aliphatic rings. The van der Waals surface area contributed by atoms with E-state index in [2.05, 4.69) is 0 Å². The topological polar surface area (TPSA) is 42.2 Å². The van der Waals surface area contributed by atoms with Gasteiger partial charge in [-0.15, -0.1) is 0 Å². The number of nitriles is 1. The quantitative estimate of drug-likeness (QED) is 0.570. The van der Waals surface area contributed by atoms with Crippen molar-refractivity contribution in [2.75, 3.05) is 6.61 Å². The molecule has 0 amide bonds. The lowest BCUT2D eigenvalue weighted by Crippen LogP contribution is -2.20. The Morgan fingerprint density at radius 3 is 2.45 bits per heavy atom. The van der Waals surface area contributed by atoms with E-state index in [1.54, 1.807) is 6.92 Å². The van der Waals surface area contributed by atoms with Gasteiger partial charge in [-0.2, -0.15) is 5.26 Å². The maximum Gasteiger partial charge on any atom is 0.156 e. The number of rotatable bonds is 5. The molecule has 0 aromatic rings. The Bertz CT molecular complexity index is 131. The van der Waals surface area contributed by atoms with E-state index in [4.69, 9.17) is 14.7 Å². The van der Waals surface area contributed by atoms with Gasteiger partial charge in [0.15, 0.2) is 6.29 Å². The SMILES string of the molecule is CCO[C@H](C)O[C@@H](C#N)CC. The number of nitrogens with zero attached hydrogens (tertiary/aromatic N) is 1. The Balaban J connectivity index is 3.55. The summed E-state index contributed by atoms with van der Waals surface area (Å²) in [7, 11) is 0. The maximum absolute atomic E-state index is 8.51. The average Bonchev–Trinajstić information content (AvgIpc) is 2.01. The molecule has 0 saturated carbocycles. The van der Waals surface area contributed by atoms with Gasteiger partial charge in [0.1, 0.15) is 6.10 Å². The smallest absolute Gasteiger partial charge is 0.156 e. The summed E-state index contributed by atoms with van der Waals surface area (Å²) in [6, 6.07) is 2.04. The van der Waals surface area contributed by atoms with Crippen LogP contribution in [-0.4, -0.2) is 19.0 Å². The Kier molecular flexibility index (Phi) is 5.81. The van der Waals surface area contributed by atoms with Gasteiger partial charge in [-0.1, -0.05) is 6.92 Å². The highest BCUT2D eigenvalue weighted by atomic mass is 16.7. The minimum absolute atomic E-state index is 0.274. The highest BCUT2D eigenvalue weighted by molar-refractivity contribution is 4.82. The molecule has 0 bridgehead atoms. The van der Waals surface area contributed by atoms with Gasteiger partial charge < -0.3 is 9.47 Å². The van der Waals surface area contributed by atoms with E-state index < -0.39 is 0 Å². The normalized spacial score (nSPS) is 15.5. The van der Waals surface area contributed by atoms with E-state index in [1.807, 2.05) is 19.9 Å². The molecule has 0 unspecified atom stereocenters. The van der Waals surface area contributed by atoms with Gasteiger partial charge in [0.2, 0.25) is 0 Å². The summed E-state index contributed by atoms with van der Waals surface area (Å²) in [5.41, 5.74) is 0. The minimum atomic E-state index is -0.337. The molecule has 0 aromatic carbocycles. The monoisotopic (exact) mass is 157 g/mol. The Labute approximate surface area is 67.9 Å². The molecule has 64 valence electrons. The fraction of sp³-hybridized carbons (Fsp3) is 0.875. The molecule has 0 N–H and O–H groups in total. The molecule has 0 aromatic heterocycles. The summed E-state index contributed by atoms with van der Waals surface area (Å²) in [6.07, 6.45) is 0.0922. The first kappa shape index (κ1) is 10.4. The first-order chi connectivity index (χ1) is 5.24.